The highest BCUT2D eigenvalue weighted by Crippen LogP contribution is 2.68. The molecule has 0 aromatic heterocycles. The highest BCUT2D eigenvalue weighted by atomic mass is 16.4. The fraction of sp³-hybridized carbons (Fsp3) is 0.886. The first-order chi connectivity index (χ1) is 19.1. The van der Waals surface area contributed by atoms with Crippen LogP contribution in [0.3, 0.4) is 0 Å². The van der Waals surface area contributed by atoms with E-state index in [4.69, 9.17) is 0 Å². The summed E-state index contributed by atoms with van der Waals surface area (Å²) >= 11 is 0. The van der Waals surface area contributed by atoms with Crippen LogP contribution in [0.5, 0.6) is 0 Å². The number of nitrogens with one attached hydrogen (secondary N) is 1. The Labute approximate surface area is 244 Å². The highest BCUT2D eigenvalue weighted by Gasteiger charge is 2.60. The Morgan fingerprint density at radius 1 is 1.07 bits per heavy atom. The van der Waals surface area contributed by atoms with Crippen molar-refractivity contribution >= 4 is 12.2 Å². The first-order valence-electron chi connectivity index (χ1n) is 16.8. The monoisotopic (exact) mass is 554 g/mol. The van der Waals surface area contributed by atoms with Crippen LogP contribution in [0.2, 0.25) is 0 Å². The summed E-state index contributed by atoms with van der Waals surface area (Å²) in [7, 11) is 0. The molecule has 3 saturated carbocycles. The Bertz CT molecular complexity index is 939. The van der Waals surface area contributed by atoms with E-state index in [2.05, 4.69) is 51.0 Å². The molecule has 9 atom stereocenters. The molecular formula is C35H58N2O3. The van der Waals surface area contributed by atoms with Crippen molar-refractivity contribution < 1.29 is 14.7 Å². The standard InChI is InChI=1S/C35H58N2O3/c1-24(2)11-10-12-25(3)30-16-17-31-29-15-14-27-22-28(37-33(39)40)21-26(13-8-6-7-9-20-36-23-38)35(27,5)32(29)18-19-34(30,31)4/h14,24-26,28-32,37H,6-13,15-22H2,1-5H3,(H,39,40)/t25-,26?,28+,29+,30-,31+,32+,34-,35+/m1/s1. The van der Waals surface area contributed by atoms with E-state index in [1.165, 1.54) is 64.2 Å². The van der Waals surface area contributed by atoms with Crippen molar-refractivity contribution in [3.8, 4) is 0 Å². The van der Waals surface area contributed by atoms with E-state index < -0.39 is 6.09 Å². The van der Waals surface area contributed by atoms with Gasteiger partial charge in [0.05, 0.1) is 6.54 Å². The molecule has 0 saturated heterocycles. The molecular weight excluding hydrogens is 496 g/mol. The molecule has 0 aromatic rings. The predicted octanol–water partition coefficient (Wildman–Crippen LogP) is 9.18. The summed E-state index contributed by atoms with van der Waals surface area (Å²) in [5.41, 5.74) is 2.25. The van der Waals surface area contributed by atoms with Crippen LogP contribution in [-0.4, -0.2) is 29.9 Å². The first-order valence-corrected chi connectivity index (χ1v) is 16.8. The van der Waals surface area contributed by atoms with Gasteiger partial charge in [0.2, 0.25) is 6.08 Å². The molecule has 4 aliphatic rings. The average molecular weight is 555 g/mol. The highest BCUT2D eigenvalue weighted by molar-refractivity contribution is 5.65. The summed E-state index contributed by atoms with van der Waals surface area (Å²) in [5.74, 6) is 5.40. The molecule has 0 radical (unpaired) electrons. The zero-order valence-electron chi connectivity index (χ0n) is 26.2. The molecule has 2 N–H and O–H groups in total. The van der Waals surface area contributed by atoms with Gasteiger partial charge in [0.25, 0.3) is 0 Å². The molecule has 4 aliphatic carbocycles. The number of fused-ring (bicyclic) bond motifs is 5. The number of amides is 1. The van der Waals surface area contributed by atoms with E-state index in [1.807, 2.05) is 0 Å². The van der Waals surface area contributed by atoms with E-state index in [0.29, 0.717) is 17.9 Å². The Balaban J connectivity index is 1.48. The zero-order valence-corrected chi connectivity index (χ0v) is 26.2. The number of carboxylic acid groups (broad SMARTS) is 1. The summed E-state index contributed by atoms with van der Waals surface area (Å²) in [4.78, 5) is 25.7. The number of allylic oxidation sites excluding steroid dienone is 1. The molecule has 0 bridgehead atoms. The molecule has 1 unspecified atom stereocenters. The van der Waals surface area contributed by atoms with Crippen molar-refractivity contribution in [3.63, 3.8) is 0 Å². The van der Waals surface area contributed by atoms with Crippen molar-refractivity contribution in [2.45, 2.75) is 137 Å². The summed E-state index contributed by atoms with van der Waals surface area (Å²) < 4.78 is 0. The number of carbonyl (C=O) groups excluding carboxylic acids is 1. The number of hydrogen-bond donors (Lipinski definition) is 2. The van der Waals surface area contributed by atoms with Gasteiger partial charge in [-0.1, -0.05) is 84.8 Å². The van der Waals surface area contributed by atoms with Gasteiger partial charge in [-0.15, -0.1) is 0 Å². The van der Waals surface area contributed by atoms with Crippen LogP contribution >= 0.6 is 0 Å². The Kier molecular flexibility index (Phi) is 10.6. The average Bonchev–Trinajstić information content (AvgIpc) is 3.25. The van der Waals surface area contributed by atoms with Crippen molar-refractivity contribution in [2.24, 2.45) is 57.2 Å². The Morgan fingerprint density at radius 3 is 2.58 bits per heavy atom. The normalized spacial score (nSPS) is 37.5. The third kappa shape index (κ3) is 6.55. The van der Waals surface area contributed by atoms with E-state index in [-0.39, 0.29) is 11.5 Å². The lowest BCUT2D eigenvalue weighted by molar-refractivity contribution is -0.0714. The van der Waals surface area contributed by atoms with E-state index in [9.17, 15) is 14.7 Å². The van der Waals surface area contributed by atoms with Crippen LogP contribution in [-0.2, 0) is 4.79 Å². The topological polar surface area (TPSA) is 78.8 Å². The number of aliphatic imine (C=N–C) groups is 1. The van der Waals surface area contributed by atoms with Gasteiger partial charge in [0.1, 0.15) is 0 Å². The van der Waals surface area contributed by atoms with Gasteiger partial charge in [-0.05, 0) is 110 Å². The minimum atomic E-state index is -0.884. The maximum absolute atomic E-state index is 11.6. The van der Waals surface area contributed by atoms with Crippen LogP contribution in [0, 0.1) is 52.3 Å². The minimum absolute atomic E-state index is 0.0386. The van der Waals surface area contributed by atoms with Crippen molar-refractivity contribution in [3.05, 3.63) is 11.6 Å². The number of isocyanates is 1. The lowest BCUT2D eigenvalue weighted by Gasteiger charge is -2.61. The lowest BCUT2D eigenvalue weighted by atomic mass is 9.44. The molecule has 0 spiro atoms. The van der Waals surface area contributed by atoms with Gasteiger partial charge in [0.15, 0.2) is 0 Å². The molecule has 40 heavy (non-hydrogen) atoms. The van der Waals surface area contributed by atoms with Crippen molar-refractivity contribution in [1.82, 2.24) is 5.32 Å². The third-order valence-corrected chi connectivity index (χ3v) is 12.6. The number of rotatable bonds is 13. The zero-order chi connectivity index (χ0) is 28.9. The SMILES string of the molecule is CC(C)CCC[C@@H](C)[C@H]1CC[C@H]2[C@@H]3CC=C4C[C@@H](NC(=O)O)CC(CCCCCCN=C=O)[C@]4(C)[C@H]3CC[C@]12C. The second-order valence-corrected chi connectivity index (χ2v) is 15.1. The van der Waals surface area contributed by atoms with E-state index >= 15 is 0 Å². The molecule has 5 heteroatoms. The molecule has 3 fully saturated rings. The van der Waals surface area contributed by atoms with E-state index in [0.717, 1.165) is 67.6 Å². The maximum Gasteiger partial charge on any atom is 0.404 e. The van der Waals surface area contributed by atoms with Crippen molar-refractivity contribution in [1.29, 1.82) is 0 Å². The fourth-order valence-corrected chi connectivity index (χ4v) is 10.6. The Morgan fingerprint density at radius 2 is 1.85 bits per heavy atom. The van der Waals surface area contributed by atoms with Crippen LogP contribution in [0.25, 0.3) is 0 Å². The molecule has 5 nitrogen and oxygen atoms in total. The van der Waals surface area contributed by atoms with Crippen LogP contribution in [0.4, 0.5) is 4.79 Å². The maximum atomic E-state index is 11.6. The molecule has 0 aliphatic heterocycles. The molecule has 0 heterocycles. The summed E-state index contributed by atoms with van der Waals surface area (Å²) in [6, 6.07) is 0.0386. The van der Waals surface area contributed by atoms with Gasteiger partial charge >= 0.3 is 6.09 Å². The second kappa shape index (κ2) is 13.6. The molecule has 1 amide bonds. The first kappa shape index (κ1) is 31.3. The van der Waals surface area contributed by atoms with Gasteiger partial charge < -0.3 is 10.4 Å². The number of carbonyl (C=O) groups is 1. The van der Waals surface area contributed by atoms with Crippen LogP contribution in [0.1, 0.15) is 131 Å². The smallest absolute Gasteiger partial charge is 0.404 e. The number of unbranched alkanes of at least 4 members (excludes halogenated alkanes) is 3. The summed E-state index contributed by atoms with van der Waals surface area (Å²) in [6.45, 7) is 13.1. The number of nitrogens with zero attached hydrogens (tertiary/aromatic N) is 1. The second-order valence-electron chi connectivity index (χ2n) is 15.1. The molecule has 4 rings (SSSR count). The van der Waals surface area contributed by atoms with Crippen LogP contribution < -0.4 is 5.32 Å². The van der Waals surface area contributed by atoms with Gasteiger partial charge in [0, 0.05) is 6.04 Å². The number of hydrogen-bond acceptors (Lipinski definition) is 3. The third-order valence-electron chi connectivity index (χ3n) is 12.6. The summed E-state index contributed by atoms with van der Waals surface area (Å²) in [6.07, 6.45) is 21.6. The molecule has 226 valence electrons. The summed E-state index contributed by atoms with van der Waals surface area (Å²) in [5, 5.41) is 12.4. The van der Waals surface area contributed by atoms with Gasteiger partial charge in [-0.25, -0.2) is 14.6 Å². The Hall–Kier alpha value is -1.61. The van der Waals surface area contributed by atoms with Gasteiger partial charge in [-0.2, -0.15) is 0 Å². The fourth-order valence-electron chi connectivity index (χ4n) is 10.6. The van der Waals surface area contributed by atoms with Crippen LogP contribution in [0.15, 0.2) is 16.6 Å². The lowest BCUT2D eigenvalue weighted by Crippen LogP contribution is -2.55. The minimum Gasteiger partial charge on any atom is -0.465 e. The van der Waals surface area contributed by atoms with Crippen molar-refractivity contribution in [2.75, 3.05) is 6.54 Å². The largest absolute Gasteiger partial charge is 0.465 e. The van der Waals surface area contributed by atoms with Gasteiger partial charge in [-0.3, -0.25) is 0 Å². The quantitative estimate of drug-likeness (QED) is 0.103. The predicted molar refractivity (Wildman–Crippen MR) is 163 cm³/mol. The molecule has 0 aromatic carbocycles. The van der Waals surface area contributed by atoms with E-state index in [1.54, 1.807) is 11.7 Å².